The van der Waals surface area contributed by atoms with Crippen molar-refractivity contribution in [3.8, 4) is 17.3 Å². The molecule has 0 radical (unpaired) electrons. The number of hydrogen-bond acceptors (Lipinski definition) is 6. The van der Waals surface area contributed by atoms with Crippen molar-refractivity contribution in [2.24, 2.45) is 29.6 Å². The molecule has 11 heteroatoms. The van der Waals surface area contributed by atoms with Crippen LogP contribution < -0.4 is 10.3 Å². The average Bonchev–Trinajstić information content (AvgIpc) is 3.71. The monoisotopic (exact) mass is 643 g/mol. The van der Waals surface area contributed by atoms with E-state index in [9.17, 15) is 14.4 Å². The van der Waals surface area contributed by atoms with Crippen LogP contribution in [0.2, 0.25) is 0 Å². The lowest BCUT2D eigenvalue weighted by Crippen LogP contribution is -2.53. The van der Waals surface area contributed by atoms with Crippen LogP contribution in [0.25, 0.3) is 33.6 Å². The molecule has 5 fully saturated rings. The number of pyridine rings is 2. The summed E-state index contributed by atoms with van der Waals surface area (Å²) in [5.41, 5.74) is 4.25. The molecule has 10 rings (SSSR count). The highest BCUT2D eigenvalue weighted by Crippen LogP contribution is 2.60. The number of carbonyl (C=O) groups excluding carboxylic acids is 2. The third kappa shape index (κ3) is 4.22. The van der Waals surface area contributed by atoms with Crippen molar-refractivity contribution in [2.45, 2.75) is 44.8 Å². The number of hydrogen-bond donors (Lipinski definition) is 1. The van der Waals surface area contributed by atoms with E-state index in [0.29, 0.717) is 60.3 Å². The Morgan fingerprint density at radius 3 is 2.56 bits per heavy atom. The topological polar surface area (TPSA) is 118 Å². The van der Waals surface area contributed by atoms with Gasteiger partial charge in [-0.2, -0.15) is 0 Å². The smallest absolute Gasteiger partial charge is 0.254 e. The fourth-order valence-corrected chi connectivity index (χ4v) is 9.13. The van der Waals surface area contributed by atoms with Gasteiger partial charge in [-0.3, -0.25) is 14.4 Å². The second-order valence-electron chi connectivity index (χ2n) is 14.7. The first-order chi connectivity index (χ1) is 23.4. The summed E-state index contributed by atoms with van der Waals surface area (Å²) in [7, 11) is 1.66. The summed E-state index contributed by atoms with van der Waals surface area (Å²) < 4.78 is 10.6. The molecule has 2 saturated heterocycles. The highest BCUT2D eigenvalue weighted by Gasteiger charge is 2.61. The summed E-state index contributed by atoms with van der Waals surface area (Å²) in [4.78, 5) is 55.5. The van der Waals surface area contributed by atoms with Crippen molar-refractivity contribution in [1.29, 1.82) is 0 Å². The van der Waals surface area contributed by atoms with E-state index in [-0.39, 0.29) is 23.3 Å². The fourth-order valence-electron chi connectivity index (χ4n) is 9.13. The Kier molecular flexibility index (Phi) is 6.02. The summed E-state index contributed by atoms with van der Waals surface area (Å²) in [6, 6.07) is 13.5. The predicted octanol–water partition coefficient (Wildman–Crippen LogP) is 4.41. The standard InChI is InChI=1S/C37H37N7O4/c1-48-30-13-25(37(47)43-19-26-9-24-12-28(43)32(24)26)10-27-33(30)44(18-21-15-41(16-21)36(46)23-6-8-38-31(45)14-23)35(40-27)29-11-22-3-2-7-39-34(22)42(29)17-20-4-5-20/h2-3,6-8,10-11,13-14,20-21,24,26,28,32H,4-5,9,12,15-19H2,1H3,(H,38,45)/t24?,26?,28?,32-/m1/s1. The van der Waals surface area contributed by atoms with Gasteiger partial charge in [-0.05, 0) is 85.8 Å². The van der Waals surface area contributed by atoms with Gasteiger partial charge in [0.25, 0.3) is 11.8 Å². The first kappa shape index (κ1) is 28.1. The first-order valence-corrected chi connectivity index (χ1v) is 17.3. The number of ether oxygens (including phenoxy) is 1. The van der Waals surface area contributed by atoms with Gasteiger partial charge in [-0.1, -0.05) is 0 Å². The molecule has 4 aromatic heterocycles. The quantitative estimate of drug-likeness (QED) is 0.268. The lowest BCUT2D eigenvalue weighted by atomic mass is 9.53. The minimum atomic E-state index is -0.289. The summed E-state index contributed by atoms with van der Waals surface area (Å²) in [5.74, 6) is 4.34. The Morgan fingerprint density at radius 2 is 1.79 bits per heavy atom. The average molecular weight is 644 g/mol. The molecule has 1 aromatic carbocycles. The van der Waals surface area contributed by atoms with Crippen LogP contribution in [0.1, 0.15) is 46.4 Å². The van der Waals surface area contributed by atoms with Gasteiger partial charge in [0, 0.05) is 79.7 Å². The molecule has 3 unspecified atom stereocenters. The molecule has 48 heavy (non-hydrogen) atoms. The van der Waals surface area contributed by atoms with Gasteiger partial charge in [0.05, 0.1) is 18.3 Å². The first-order valence-electron chi connectivity index (χ1n) is 17.3. The molecule has 2 aliphatic heterocycles. The maximum absolute atomic E-state index is 14.0. The fraction of sp³-hybridized carbons (Fsp3) is 0.432. The van der Waals surface area contributed by atoms with Gasteiger partial charge in [0.2, 0.25) is 5.56 Å². The van der Waals surface area contributed by atoms with Crippen molar-refractivity contribution in [3.05, 3.63) is 76.3 Å². The number of aromatic amines is 1. The molecule has 244 valence electrons. The third-order valence-corrected chi connectivity index (χ3v) is 11.8. The molecule has 6 heterocycles. The van der Waals surface area contributed by atoms with E-state index in [2.05, 4.69) is 31.2 Å². The van der Waals surface area contributed by atoms with E-state index in [1.54, 1.807) is 18.1 Å². The Balaban J connectivity index is 1.05. The number of aromatic nitrogens is 5. The summed E-state index contributed by atoms with van der Waals surface area (Å²) in [6.45, 7) is 3.48. The number of amides is 2. The number of likely N-dealkylation sites (tertiary alicyclic amines) is 2. The maximum atomic E-state index is 14.0. The van der Waals surface area contributed by atoms with Crippen LogP contribution in [0.15, 0.2) is 59.7 Å². The van der Waals surface area contributed by atoms with E-state index >= 15 is 0 Å². The SMILES string of the molecule is COc1cc(C(=O)N2CC3CC4CC2[C@H]43)cc2nc(-c3cc4cccnc4n3CC3CC3)n(CC3CN(C(=O)c4cc[nH]c(=O)c4)C3)c12. The van der Waals surface area contributed by atoms with Gasteiger partial charge < -0.3 is 28.7 Å². The molecule has 5 aromatic rings. The highest BCUT2D eigenvalue weighted by atomic mass is 16.5. The number of benzene rings is 1. The number of rotatable bonds is 8. The molecular formula is C37H37N7O4. The van der Waals surface area contributed by atoms with Crippen molar-refractivity contribution >= 4 is 33.9 Å². The number of carbonyl (C=O) groups is 2. The molecule has 0 spiro atoms. The third-order valence-electron chi connectivity index (χ3n) is 11.8. The van der Waals surface area contributed by atoms with Crippen LogP contribution in [0.5, 0.6) is 5.75 Å². The van der Waals surface area contributed by atoms with Crippen LogP contribution in [0.3, 0.4) is 0 Å². The van der Waals surface area contributed by atoms with E-state index in [1.165, 1.54) is 31.5 Å². The Morgan fingerprint density at radius 1 is 0.938 bits per heavy atom. The molecular weight excluding hydrogens is 606 g/mol. The van der Waals surface area contributed by atoms with Gasteiger partial charge in [0.1, 0.15) is 16.9 Å². The Hall–Kier alpha value is -4.93. The minimum Gasteiger partial charge on any atom is -0.494 e. The van der Waals surface area contributed by atoms with E-state index in [0.717, 1.165) is 59.0 Å². The zero-order chi connectivity index (χ0) is 32.3. The number of fused-ring (bicyclic) bond motifs is 2. The van der Waals surface area contributed by atoms with Crippen LogP contribution in [-0.4, -0.2) is 78.5 Å². The number of imidazole rings is 1. The Bertz CT molecular complexity index is 2210. The van der Waals surface area contributed by atoms with Crippen molar-refractivity contribution in [2.75, 3.05) is 26.7 Å². The molecule has 2 amide bonds. The van der Waals surface area contributed by atoms with Crippen molar-refractivity contribution in [1.82, 2.24) is 33.9 Å². The van der Waals surface area contributed by atoms with Crippen molar-refractivity contribution in [3.63, 3.8) is 0 Å². The Labute approximate surface area is 276 Å². The van der Waals surface area contributed by atoms with E-state index in [1.807, 2.05) is 24.4 Å². The largest absolute Gasteiger partial charge is 0.494 e. The van der Waals surface area contributed by atoms with Crippen LogP contribution in [0, 0.1) is 29.6 Å². The normalized spacial score (nSPS) is 24.4. The number of nitrogens with one attached hydrogen (secondary N) is 1. The molecule has 3 saturated carbocycles. The molecule has 11 nitrogen and oxygen atoms in total. The molecule has 4 atom stereocenters. The van der Waals surface area contributed by atoms with Gasteiger partial charge in [-0.15, -0.1) is 0 Å². The van der Waals surface area contributed by atoms with E-state index < -0.39 is 0 Å². The second kappa shape index (κ2) is 10.3. The summed E-state index contributed by atoms with van der Waals surface area (Å²) in [5, 5.41) is 1.07. The van der Waals surface area contributed by atoms with Crippen LogP contribution >= 0.6 is 0 Å². The predicted molar refractivity (Wildman–Crippen MR) is 179 cm³/mol. The molecule has 3 aliphatic carbocycles. The zero-order valence-electron chi connectivity index (χ0n) is 26.8. The lowest BCUT2D eigenvalue weighted by molar-refractivity contribution is -0.0204. The van der Waals surface area contributed by atoms with Gasteiger partial charge in [-0.25, -0.2) is 9.97 Å². The zero-order valence-corrected chi connectivity index (χ0v) is 26.8. The maximum Gasteiger partial charge on any atom is 0.254 e. The number of nitrogens with zero attached hydrogens (tertiary/aromatic N) is 6. The molecule has 1 N–H and O–H groups in total. The highest BCUT2D eigenvalue weighted by molar-refractivity contribution is 6.00. The summed E-state index contributed by atoms with van der Waals surface area (Å²) in [6.07, 6.45) is 8.16. The molecule has 5 aliphatic rings. The number of H-pyrrole nitrogens is 1. The molecule has 0 bridgehead atoms. The lowest BCUT2D eigenvalue weighted by Gasteiger charge is -2.52. The van der Waals surface area contributed by atoms with E-state index in [4.69, 9.17) is 14.7 Å². The second-order valence-corrected chi connectivity index (χ2v) is 14.7. The van der Waals surface area contributed by atoms with Gasteiger partial charge >= 0.3 is 0 Å². The minimum absolute atomic E-state index is 0.0732. The van der Waals surface area contributed by atoms with Gasteiger partial charge in [0.15, 0.2) is 5.82 Å². The number of methoxy groups -OCH3 is 1. The van der Waals surface area contributed by atoms with Crippen molar-refractivity contribution < 1.29 is 14.3 Å². The van der Waals surface area contributed by atoms with Crippen LogP contribution in [-0.2, 0) is 13.1 Å². The van der Waals surface area contributed by atoms with Crippen LogP contribution in [0.4, 0.5) is 0 Å². The summed E-state index contributed by atoms with van der Waals surface area (Å²) >= 11 is 0.